The van der Waals surface area contributed by atoms with Crippen LogP contribution in [0.1, 0.15) is 52.4 Å². The summed E-state index contributed by atoms with van der Waals surface area (Å²) in [4.78, 5) is 31.8. The van der Waals surface area contributed by atoms with E-state index in [0.717, 1.165) is 32.0 Å². The third-order valence-corrected chi connectivity index (χ3v) is 7.52. The highest BCUT2D eigenvalue weighted by molar-refractivity contribution is 14.0. The second-order valence-electron chi connectivity index (χ2n) is 9.34. The Morgan fingerprint density at radius 1 is 1.12 bits per heavy atom. The molecule has 0 aromatic heterocycles. The van der Waals surface area contributed by atoms with Crippen molar-refractivity contribution in [3.63, 3.8) is 0 Å². The summed E-state index contributed by atoms with van der Waals surface area (Å²) in [6, 6.07) is 0. The maximum Gasteiger partial charge on any atom is 0.233 e. The lowest BCUT2D eigenvalue weighted by Gasteiger charge is -2.23. The zero-order valence-electron chi connectivity index (χ0n) is 19.4. The molecule has 2 bridgehead atoms. The number of halogens is 1. The number of guanidine groups is 1. The van der Waals surface area contributed by atoms with E-state index in [-0.39, 0.29) is 59.5 Å². The van der Waals surface area contributed by atoms with Gasteiger partial charge in [-0.05, 0) is 57.3 Å². The van der Waals surface area contributed by atoms with Crippen LogP contribution in [0.15, 0.2) is 17.1 Å². The van der Waals surface area contributed by atoms with Crippen molar-refractivity contribution in [3.8, 4) is 0 Å². The molecule has 3 aliphatic carbocycles. The van der Waals surface area contributed by atoms with E-state index in [2.05, 4.69) is 29.7 Å². The number of hydrogen-bond acceptors (Lipinski definition) is 4. The predicted molar refractivity (Wildman–Crippen MR) is 136 cm³/mol. The van der Waals surface area contributed by atoms with Gasteiger partial charge < -0.3 is 15.4 Å². The van der Waals surface area contributed by atoms with E-state index in [1.807, 2.05) is 6.92 Å². The number of carbonyl (C=O) groups excluding carboxylic acids is 2. The minimum Gasteiger partial charge on any atom is -0.378 e. The number of carbonyl (C=O) groups is 2. The summed E-state index contributed by atoms with van der Waals surface area (Å²) >= 11 is 0. The lowest BCUT2D eigenvalue weighted by molar-refractivity contribution is -0.140. The van der Waals surface area contributed by atoms with E-state index < -0.39 is 0 Å². The number of likely N-dealkylation sites (tertiary alicyclic amines) is 1. The molecule has 180 valence electrons. The molecule has 7 nitrogen and oxygen atoms in total. The van der Waals surface area contributed by atoms with Gasteiger partial charge in [-0.15, -0.1) is 24.0 Å². The largest absolute Gasteiger partial charge is 0.378 e. The molecule has 4 aliphatic rings. The number of fused-ring (bicyclic) bond motifs is 5. The number of ether oxygens (including phenoxy) is 1. The molecule has 3 fully saturated rings. The number of amides is 2. The van der Waals surface area contributed by atoms with Crippen molar-refractivity contribution in [1.29, 1.82) is 0 Å². The van der Waals surface area contributed by atoms with Crippen molar-refractivity contribution >= 4 is 41.8 Å². The summed E-state index contributed by atoms with van der Waals surface area (Å²) in [5.74, 6) is 1.75. The van der Waals surface area contributed by atoms with E-state index in [0.29, 0.717) is 31.7 Å². The van der Waals surface area contributed by atoms with E-state index in [1.54, 1.807) is 0 Å². The molecule has 1 heterocycles. The number of nitrogens with zero attached hydrogens (tertiary/aromatic N) is 2. The van der Waals surface area contributed by atoms with E-state index >= 15 is 0 Å². The van der Waals surface area contributed by atoms with Crippen LogP contribution >= 0.6 is 24.0 Å². The minimum atomic E-state index is -0.115. The van der Waals surface area contributed by atoms with Crippen LogP contribution in [0.4, 0.5) is 0 Å². The molecule has 2 N–H and O–H groups in total. The Kier molecular flexibility index (Phi) is 9.40. The molecule has 2 amide bonds. The zero-order chi connectivity index (χ0) is 21.8. The maximum absolute atomic E-state index is 12.8. The van der Waals surface area contributed by atoms with E-state index in [4.69, 9.17) is 9.73 Å². The van der Waals surface area contributed by atoms with Gasteiger partial charge in [0.05, 0.1) is 17.9 Å². The van der Waals surface area contributed by atoms with Crippen molar-refractivity contribution in [1.82, 2.24) is 15.5 Å². The van der Waals surface area contributed by atoms with Crippen molar-refractivity contribution in [2.24, 2.45) is 34.6 Å². The highest BCUT2D eigenvalue weighted by atomic mass is 127. The number of hydrogen-bond donors (Lipinski definition) is 2. The Morgan fingerprint density at radius 2 is 1.78 bits per heavy atom. The molecule has 8 heteroatoms. The molecular formula is C24H39IN4O3. The molecule has 0 spiro atoms. The topological polar surface area (TPSA) is 83.0 Å². The van der Waals surface area contributed by atoms with Crippen LogP contribution < -0.4 is 10.6 Å². The van der Waals surface area contributed by atoms with Gasteiger partial charge in [0.25, 0.3) is 0 Å². The molecule has 1 aliphatic heterocycles. The fourth-order valence-electron chi connectivity index (χ4n) is 6.11. The molecule has 2 saturated carbocycles. The average Bonchev–Trinajstić information content (AvgIpc) is 3.54. The van der Waals surface area contributed by atoms with Crippen LogP contribution in [0.3, 0.4) is 0 Å². The Morgan fingerprint density at radius 3 is 2.38 bits per heavy atom. The average molecular weight is 559 g/mol. The SMILES string of the molecule is CCNC(=NCCC(OCC)C1CCCC1)NCCN1C(=O)C2C3C=CC(C3)C2C1=O.I. The zero-order valence-corrected chi connectivity index (χ0v) is 21.8. The van der Waals surface area contributed by atoms with Gasteiger partial charge in [-0.1, -0.05) is 25.0 Å². The van der Waals surface area contributed by atoms with Crippen LogP contribution in [0.5, 0.6) is 0 Å². The first kappa shape index (κ1) is 25.5. The van der Waals surface area contributed by atoms with Gasteiger partial charge in [0.15, 0.2) is 5.96 Å². The summed E-state index contributed by atoms with van der Waals surface area (Å²) in [5.41, 5.74) is 0. The normalized spacial score (nSPS) is 30.1. The highest BCUT2D eigenvalue weighted by Crippen LogP contribution is 2.52. The van der Waals surface area contributed by atoms with Crippen LogP contribution in [-0.2, 0) is 14.3 Å². The molecule has 4 rings (SSSR count). The van der Waals surface area contributed by atoms with Crippen molar-refractivity contribution in [2.75, 3.05) is 32.8 Å². The second kappa shape index (κ2) is 11.8. The standard InChI is InChI=1S/C24H38N4O3.HI/c1-3-25-24(26-12-11-19(31-4-2)16-7-5-6-8-16)27-13-14-28-22(29)20-17-9-10-18(15-17)21(20)23(28)30;/h9-10,16-21H,3-8,11-15H2,1-2H3,(H2,25,26,27);1H. The lowest BCUT2D eigenvalue weighted by atomic mass is 9.85. The molecule has 0 aromatic rings. The Bertz CT molecular complexity index is 692. The summed E-state index contributed by atoms with van der Waals surface area (Å²) in [6.45, 7) is 7.24. The Labute approximate surface area is 209 Å². The van der Waals surface area contributed by atoms with Crippen LogP contribution in [0.2, 0.25) is 0 Å². The Hall–Kier alpha value is -1.16. The quantitative estimate of drug-likeness (QED) is 0.142. The third-order valence-electron chi connectivity index (χ3n) is 7.52. The van der Waals surface area contributed by atoms with Crippen molar-refractivity contribution in [3.05, 3.63) is 12.2 Å². The van der Waals surface area contributed by atoms with Crippen molar-refractivity contribution < 1.29 is 14.3 Å². The van der Waals surface area contributed by atoms with Crippen LogP contribution in [0.25, 0.3) is 0 Å². The molecule has 5 unspecified atom stereocenters. The van der Waals surface area contributed by atoms with Gasteiger partial charge in [0, 0.05) is 32.8 Å². The number of rotatable bonds is 10. The minimum absolute atomic E-state index is 0. The fraction of sp³-hybridized carbons (Fsp3) is 0.792. The number of aliphatic imine (C=N–C) groups is 1. The summed E-state index contributed by atoms with van der Waals surface area (Å²) < 4.78 is 6.00. The highest BCUT2D eigenvalue weighted by Gasteiger charge is 2.58. The molecular weight excluding hydrogens is 519 g/mol. The van der Waals surface area contributed by atoms with Crippen LogP contribution in [-0.4, -0.2) is 61.6 Å². The second-order valence-corrected chi connectivity index (χ2v) is 9.34. The first-order valence-electron chi connectivity index (χ1n) is 12.3. The monoisotopic (exact) mass is 558 g/mol. The summed E-state index contributed by atoms with van der Waals surface area (Å²) in [7, 11) is 0. The first-order chi connectivity index (χ1) is 15.1. The smallest absolute Gasteiger partial charge is 0.233 e. The summed E-state index contributed by atoms with van der Waals surface area (Å²) in [6.07, 6.45) is 11.6. The summed E-state index contributed by atoms with van der Waals surface area (Å²) in [5, 5.41) is 6.57. The van der Waals surface area contributed by atoms with Crippen LogP contribution in [0, 0.1) is 29.6 Å². The fourth-order valence-corrected chi connectivity index (χ4v) is 6.11. The first-order valence-corrected chi connectivity index (χ1v) is 12.3. The molecule has 0 radical (unpaired) electrons. The van der Waals surface area contributed by atoms with Crippen molar-refractivity contribution in [2.45, 2.75) is 58.5 Å². The molecule has 1 saturated heterocycles. The lowest BCUT2D eigenvalue weighted by Crippen LogP contribution is -2.43. The number of allylic oxidation sites excluding steroid dienone is 2. The molecule has 5 atom stereocenters. The van der Waals surface area contributed by atoms with Gasteiger partial charge in [-0.2, -0.15) is 0 Å². The van der Waals surface area contributed by atoms with Gasteiger partial charge in [-0.3, -0.25) is 19.5 Å². The number of imide groups is 1. The van der Waals surface area contributed by atoms with Gasteiger partial charge >= 0.3 is 0 Å². The number of nitrogens with one attached hydrogen (secondary N) is 2. The molecule has 0 aromatic carbocycles. The predicted octanol–water partition coefficient (Wildman–Crippen LogP) is 2.95. The van der Waals surface area contributed by atoms with Gasteiger partial charge in [-0.25, -0.2) is 0 Å². The van der Waals surface area contributed by atoms with E-state index in [9.17, 15) is 9.59 Å². The van der Waals surface area contributed by atoms with Gasteiger partial charge in [0.1, 0.15) is 0 Å². The third kappa shape index (κ3) is 5.32. The van der Waals surface area contributed by atoms with Gasteiger partial charge in [0.2, 0.25) is 11.8 Å². The Balaban J connectivity index is 0.00000289. The van der Waals surface area contributed by atoms with E-state index in [1.165, 1.54) is 30.6 Å². The maximum atomic E-state index is 12.8. The molecule has 32 heavy (non-hydrogen) atoms.